The zero-order chi connectivity index (χ0) is 49.6. The second kappa shape index (κ2) is 17.1. The summed E-state index contributed by atoms with van der Waals surface area (Å²) in [5.41, 5.74) is 17.2. The van der Waals surface area contributed by atoms with Crippen LogP contribution in [-0.2, 0) is 0 Å². The van der Waals surface area contributed by atoms with Crippen molar-refractivity contribution in [1.29, 1.82) is 0 Å². The summed E-state index contributed by atoms with van der Waals surface area (Å²) >= 11 is 0. The third-order valence-corrected chi connectivity index (χ3v) is 16.0. The van der Waals surface area contributed by atoms with E-state index in [-0.39, 0.29) is 19.2 Å². The molecule has 5 aliphatic rings. The Bertz CT molecular complexity index is 3820. The molecular weight excluding hydrogens is 914 g/mol. The minimum atomic E-state index is -0.456. The van der Waals surface area contributed by atoms with Gasteiger partial charge in [0, 0.05) is 69.4 Å². The molecular formula is C67H48B2N4O2. The number of fused-ring (bicyclic) bond motifs is 8. The number of rotatable bonds is 8. The molecule has 0 spiro atoms. The van der Waals surface area contributed by atoms with Gasteiger partial charge < -0.3 is 29.1 Å². The van der Waals surface area contributed by atoms with Crippen molar-refractivity contribution in [2.75, 3.05) is 19.6 Å². The molecule has 2 unspecified atom stereocenters. The van der Waals surface area contributed by atoms with Crippen LogP contribution in [0.3, 0.4) is 0 Å². The molecule has 0 bridgehead atoms. The molecule has 15 rings (SSSR count). The molecule has 0 aromatic heterocycles. The average molecular weight is 963 g/mol. The highest BCUT2D eigenvalue weighted by molar-refractivity contribution is 7.00. The molecule has 0 radical (unpaired) electrons. The number of benzene rings is 10. The van der Waals surface area contributed by atoms with E-state index in [9.17, 15) is 0 Å². The maximum atomic E-state index is 7.47. The molecule has 0 fully saturated rings. The van der Waals surface area contributed by atoms with Crippen molar-refractivity contribution in [3.63, 3.8) is 0 Å². The lowest BCUT2D eigenvalue weighted by Crippen LogP contribution is -2.66. The van der Waals surface area contributed by atoms with Gasteiger partial charge in [0.05, 0.1) is 16.9 Å². The first-order valence-corrected chi connectivity index (χ1v) is 25.9. The highest BCUT2D eigenvalue weighted by Gasteiger charge is 2.55. The quantitative estimate of drug-likeness (QED) is 0.141. The predicted octanol–water partition coefficient (Wildman–Crippen LogP) is 14.2. The van der Waals surface area contributed by atoms with Gasteiger partial charge in [0.15, 0.2) is 0 Å². The SMILES string of the molecule is CC12C=CC=CC1B1c3cc4c(cc3Oc3cc(N(c5ccccc5)c5ccccc5)cc(c31)N2c1ccccc1)Oc1cc(N(c2ccccc2)c2ccccc2)cc2c1B4c1ccccc1N2c1ccccc1. The molecule has 0 N–H and O–H groups in total. The molecule has 2 atom stereocenters. The first kappa shape index (κ1) is 43.2. The summed E-state index contributed by atoms with van der Waals surface area (Å²) in [6.07, 6.45) is 9.30. The van der Waals surface area contributed by atoms with Crippen LogP contribution in [0, 0.1) is 0 Å². The topological polar surface area (TPSA) is 31.4 Å². The minimum Gasteiger partial charge on any atom is -0.458 e. The van der Waals surface area contributed by atoms with E-state index in [1.807, 2.05) is 0 Å². The molecule has 0 saturated heterocycles. The molecule has 0 saturated carbocycles. The Morgan fingerprint density at radius 2 is 0.880 bits per heavy atom. The normalized spacial score (nSPS) is 16.8. The van der Waals surface area contributed by atoms with Gasteiger partial charge in [-0.15, -0.1) is 0 Å². The average Bonchev–Trinajstić information content (AvgIpc) is 3.47. The van der Waals surface area contributed by atoms with Crippen LogP contribution >= 0.6 is 0 Å². The Morgan fingerprint density at radius 3 is 1.45 bits per heavy atom. The lowest BCUT2D eigenvalue weighted by molar-refractivity contribution is 0.463. The second-order valence-corrected chi connectivity index (χ2v) is 20.2. The van der Waals surface area contributed by atoms with Crippen molar-refractivity contribution in [2.45, 2.75) is 18.3 Å². The monoisotopic (exact) mass is 962 g/mol. The van der Waals surface area contributed by atoms with Gasteiger partial charge in [0.2, 0.25) is 6.71 Å². The molecule has 0 amide bonds. The highest BCUT2D eigenvalue weighted by Crippen LogP contribution is 2.54. The Hall–Kier alpha value is -9.39. The fourth-order valence-corrected chi connectivity index (χ4v) is 12.9. The Balaban J connectivity index is 0.971. The number of hydrogen-bond donors (Lipinski definition) is 0. The van der Waals surface area contributed by atoms with Gasteiger partial charge in [-0.25, -0.2) is 0 Å². The zero-order valence-corrected chi connectivity index (χ0v) is 41.2. The van der Waals surface area contributed by atoms with Gasteiger partial charge >= 0.3 is 0 Å². The van der Waals surface area contributed by atoms with E-state index in [2.05, 4.69) is 293 Å². The predicted molar refractivity (Wildman–Crippen MR) is 312 cm³/mol. The van der Waals surface area contributed by atoms with E-state index < -0.39 is 5.54 Å². The summed E-state index contributed by atoms with van der Waals surface area (Å²) in [5, 5.41) is 0. The minimum absolute atomic E-state index is 0.0453. The van der Waals surface area contributed by atoms with Crippen molar-refractivity contribution in [2.24, 2.45) is 0 Å². The van der Waals surface area contributed by atoms with Gasteiger partial charge in [-0.3, -0.25) is 0 Å². The highest BCUT2D eigenvalue weighted by atomic mass is 16.5. The van der Waals surface area contributed by atoms with E-state index in [0.29, 0.717) is 0 Å². The molecule has 4 aliphatic heterocycles. The third-order valence-electron chi connectivity index (χ3n) is 16.0. The van der Waals surface area contributed by atoms with E-state index in [0.717, 1.165) is 102 Å². The summed E-state index contributed by atoms with van der Waals surface area (Å²) < 4.78 is 14.9. The van der Waals surface area contributed by atoms with Crippen molar-refractivity contribution in [3.8, 4) is 23.0 Å². The molecule has 10 aromatic rings. The molecule has 354 valence electrons. The molecule has 10 aromatic carbocycles. The summed E-state index contributed by atoms with van der Waals surface area (Å²) in [6, 6.07) is 87.0. The maximum absolute atomic E-state index is 7.47. The number of hydrogen-bond acceptors (Lipinski definition) is 6. The number of nitrogens with zero attached hydrogens (tertiary/aromatic N) is 4. The number of anilines is 11. The van der Waals surface area contributed by atoms with Crippen LogP contribution in [-0.4, -0.2) is 19.0 Å². The van der Waals surface area contributed by atoms with Gasteiger partial charge in [0.25, 0.3) is 6.71 Å². The fourth-order valence-electron chi connectivity index (χ4n) is 12.9. The van der Waals surface area contributed by atoms with Crippen LogP contribution in [0.1, 0.15) is 6.92 Å². The van der Waals surface area contributed by atoms with Crippen molar-refractivity contribution in [1.82, 2.24) is 0 Å². The lowest BCUT2D eigenvalue weighted by Gasteiger charge is -2.54. The molecule has 8 heteroatoms. The van der Waals surface area contributed by atoms with Gasteiger partial charge in [-0.2, -0.15) is 0 Å². The third kappa shape index (κ3) is 6.76. The van der Waals surface area contributed by atoms with Crippen LogP contribution in [0.2, 0.25) is 5.82 Å². The number of allylic oxidation sites excluding steroid dienone is 2. The van der Waals surface area contributed by atoms with E-state index in [1.165, 1.54) is 10.9 Å². The van der Waals surface area contributed by atoms with Crippen LogP contribution in [0.15, 0.2) is 267 Å². The van der Waals surface area contributed by atoms with Gasteiger partial charge in [-0.05, 0) is 131 Å². The van der Waals surface area contributed by atoms with Crippen LogP contribution in [0.5, 0.6) is 23.0 Å². The van der Waals surface area contributed by atoms with Gasteiger partial charge in [0.1, 0.15) is 23.0 Å². The second-order valence-electron chi connectivity index (χ2n) is 20.2. The smallest absolute Gasteiger partial charge is 0.256 e. The van der Waals surface area contributed by atoms with Crippen molar-refractivity contribution in [3.05, 3.63) is 267 Å². The van der Waals surface area contributed by atoms with E-state index >= 15 is 0 Å². The van der Waals surface area contributed by atoms with Crippen molar-refractivity contribution < 1.29 is 9.47 Å². The first-order valence-electron chi connectivity index (χ1n) is 25.9. The van der Waals surface area contributed by atoms with Crippen LogP contribution in [0.4, 0.5) is 62.6 Å². The largest absolute Gasteiger partial charge is 0.458 e. The van der Waals surface area contributed by atoms with E-state index in [1.54, 1.807) is 0 Å². The van der Waals surface area contributed by atoms with E-state index in [4.69, 9.17) is 9.47 Å². The number of ether oxygens (including phenoxy) is 2. The van der Waals surface area contributed by atoms with Gasteiger partial charge in [-0.1, -0.05) is 158 Å². The van der Waals surface area contributed by atoms with Crippen LogP contribution < -0.4 is 56.4 Å². The van der Waals surface area contributed by atoms with Crippen molar-refractivity contribution >= 4 is 103 Å². The standard InChI is InChI=1S/C67H48B2N4O2/c1-67-39-23-22-38-64(67)69-56-44-55-60(45-61(56)75-63-43-53(41-59(66(63)69)73(67)51-34-18-7-19-35-51)71(48-28-12-4-13-29-48)49-30-14-5-15-31-49)74-62-42-52(70(46-24-8-2-9-25-46)47-26-10-3-11-27-47)40-58-65(62)68(55)54-36-20-21-37-57(54)72(58)50-32-16-6-17-33-50/h2-45,64H,1H3. The zero-order valence-electron chi connectivity index (χ0n) is 41.2. The maximum Gasteiger partial charge on any atom is 0.256 e. The summed E-state index contributed by atoms with van der Waals surface area (Å²) in [6.45, 7) is 2.22. The Morgan fingerprint density at radius 1 is 0.400 bits per heavy atom. The summed E-state index contributed by atoms with van der Waals surface area (Å²) in [7, 11) is 0. The number of para-hydroxylation sites is 7. The van der Waals surface area contributed by atoms with Crippen LogP contribution in [0.25, 0.3) is 0 Å². The fraction of sp³-hybridized carbons (Fsp3) is 0.0448. The molecule has 1 aliphatic carbocycles. The first-order chi connectivity index (χ1) is 37.1. The molecule has 75 heavy (non-hydrogen) atoms. The Labute approximate surface area is 438 Å². The Kier molecular flexibility index (Phi) is 9.86. The lowest BCUT2D eigenvalue weighted by atomic mass is 9.26. The summed E-state index contributed by atoms with van der Waals surface area (Å²) in [5.74, 6) is 3.31. The summed E-state index contributed by atoms with van der Waals surface area (Å²) in [4.78, 5) is 9.66. The molecule has 4 heterocycles. The molecule has 6 nitrogen and oxygen atoms in total.